The van der Waals surface area contributed by atoms with Gasteiger partial charge in [0.2, 0.25) is 0 Å². The van der Waals surface area contributed by atoms with Gasteiger partial charge in [-0.25, -0.2) is 0 Å². The average molecular weight is 194 g/mol. The second-order valence-electron chi connectivity index (χ2n) is 6.53. The third-order valence-corrected chi connectivity index (χ3v) is 5.24. The molecule has 0 spiro atoms. The van der Waals surface area contributed by atoms with Crippen molar-refractivity contribution in [3.8, 4) is 0 Å². The van der Waals surface area contributed by atoms with Gasteiger partial charge < -0.3 is 0 Å². The van der Waals surface area contributed by atoms with Crippen molar-refractivity contribution < 1.29 is 0 Å². The monoisotopic (exact) mass is 194 g/mol. The maximum absolute atomic E-state index is 2.52. The maximum atomic E-state index is 2.52. The first kappa shape index (κ1) is 10.5. The molecule has 0 aromatic heterocycles. The molecule has 0 N–H and O–H groups in total. The normalized spacial score (nSPS) is 43.5. The molecule has 0 heteroatoms. The zero-order chi connectivity index (χ0) is 10.5. The molecule has 2 saturated carbocycles. The number of hydrogen-bond acceptors (Lipinski definition) is 0. The van der Waals surface area contributed by atoms with Gasteiger partial charge in [0.15, 0.2) is 0 Å². The number of rotatable bonds is 4. The molecule has 5 atom stereocenters. The van der Waals surface area contributed by atoms with Crippen LogP contribution in [0.2, 0.25) is 0 Å². The molecular weight excluding hydrogens is 168 g/mol. The van der Waals surface area contributed by atoms with E-state index in [0.717, 1.165) is 29.6 Å². The average Bonchev–Trinajstić information content (AvgIpc) is 2.95. The molecule has 0 nitrogen and oxygen atoms in total. The van der Waals surface area contributed by atoms with E-state index in [4.69, 9.17) is 0 Å². The minimum absolute atomic E-state index is 0.646. The van der Waals surface area contributed by atoms with Gasteiger partial charge in [0.25, 0.3) is 0 Å². The highest BCUT2D eigenvalue weighted by Crippen LogP contribution is 2.64. The zero-order valence-corrected chi connectivity index (χ0v) is 10.5. The molecule has 2 aliphatic carbocycles. The topological polar surface area (TPSA) is 0 Å². The Morgan fingerprint density at radius 2 is 1.79 bits per heavy atom. The standard InChI is InChI=1S/C14H26/c1-6-9(2)11-8-13(11)14(4,5)12-7-10(12)3/h9-13H,6-8H2,1-5H3. The predicted octanol–water partition coefficient (Wildman–Crippen LogP) is 4.35. The first-order chi connectivity index (χ1) is 6.48. The van der Waals surface area contributed by atoms with Crippen LogP contribution in [0.3, 0.4) is 0 Å². The van der Waals surface area contributed by atoms with Crippen LogP contribution in [-0.2, 0) is 0 Å². The van der Waals surface area contributed by atoms with Crippen molar-refractivity contribution in [2.24, 2.45) is 35.0 Å². The van der Waals surface area contributed by atoms with Crippen LogP contribution in [0.1, 0.15) is 53.9 Å². The summed E-state index contributed by atoms with van der Waals surface area (Å²) in [7, 11) is 0. The van der Waals surface area contributed by atoms with Crippen LogP contribution in [0.25, 0.3) is 0 Å². The van der Waals surface area contributed by atoms with Crippen molar-refractivity contribution in [1.29, 1.82) is 0 Å². The fourth-order valence-corrected chi connectivity index (χ4v) is 3.64. The molecule has 5 unspecified atom stereocenters. The summed E-state index contributed by atoms with van der Waals surface area (Å²) in [5.41, 5.74) is 0.646. The molecule has 0 aromatic rings. The molecule has 2 rings (SSSR count). The van der Waals surface area contributed by atoms with E-state index in [0.29, 0.717) is 5.41 Å². The Bertz CT molecular complexity index is 216. The molecule has 0 radical (unpaired) electrons. The molecule has 2 fully saturated rings. The smallest absolute Gasteiger partial charge is 0.0292 e. The molecule has 0 saturated heterocycles. The Morgan fingerprint density at radius 1 is 1.21 bits per heavy atom. The van der Waals surface area contributed by atoms with Crippen molar-refractivity contribution in [2.45, 2.75) is 53.9 Å². The molecule has 0 aromatic carbocycles. The quantitative estimate of drug-likeness (QED) is 0.624. The predicted molar refractivity (Wildman–Crippen MR) is 62.1 cm³/mol. The highest BCUT2D eigenvalue weighted by Gasteiger charge is 2.56. The van der Waals surface area contributed by atoms with Crippen molar-refractivity contribution in [1.82, 2.24) is 0 Å². The van der Waals surface area contributed by atoms with Crippen LogP contribution >= 0.6 is 0 Å². The lowest BCUT2D eigenvalue weighted by Crippen LogP contribution is -2.20. The van der Waals surface area contributed by atoms with Gasteiger partial charge in [-0.1, -0.05) is 41.0 Å². The van der Waals surface area contributed by atoms with Crippen molar-refractivity contribution in [3.05, 3.63) is 0 Å². The molecule has 14 heavy (non-hydrogen) atoms. The zero-order valence-electron chi connectivity index (χ0n) is 10.5. The Morgan fingerprint density at radius 3 is 2.21 bits per heavy atom. The third-order valence-electron chi connectivity index (χ3n) is 5.24. The summed E-state index contributed by atoms with van der Waals surface area (Å²) < 4.78 is 0. The summed E-state index contributed by atoms with van der Waals surface area (Å²) in [5.74, 6) is 5.13. The highest BCUT2D eigenvalue weighted by molar-refractivity contribution is 5.05. The second-order valence-corrected chi connectivity index (χ2v) is 6.53. The van der Waals surface area contributed by atoms with Crippen LogP contribution in [0, 0.1) is 35.0 Å². The summed E-state index contributed by atoms with van der Waals surface area (Å²) in [6.07, 6.45) is 4.39. The first-order valence-electron chi connectivity index (χ1n) is 6.48. The molecular formula is C14H26. The SMILES string of the molecule is CCC(C)C1CC1C(C)(C)C1CC1C. The Hall–Kier alpha value is 0. The van der Waals surface area contributed by atoms with E-state index in [9.17, 15) is 0 Å². The minimum Gasteiger partial charge on any atom is -0.0651 e. The number of hydrogen-bond donors (Lipinski definition) is 0. The molecule has 0 heterocycles. The van der Waals surface area contributed by atoms with E-state index in [2.05, 4.69) is 34.6 Å². The van der Waals surface area contributed by atoms with Crippen LogP contribution in [0.5, 0.6) is 0 Å². The Labute approximate surface area is 89.5 Å². The second kappa shape index (κ2) is 3.25. The summed E-state index contributed by atoms with van der Waals surface area (Å²) in [5, 5.41) is 0. The minimum atomic E-state index is 0.646. The Kier molecular flexibility index (Phi) is 2.44. The van der Waals surface area contributed by atoms with Crippen LogP contribution in [0.4, 0.5) is 0 Å². The molecule has 0 aliphatic heterocycles. The first-order valence-corrected chi connectivity index (χ1v) is 6.48. The molecule has 0 bridgehead atoms. The summed E-state index contributed by atoms with van der Waals surface area (Å²) >= 11 is 0. The van der Waals surface area contributed by atoms with E-state index in [1.807, 2.05) is 0 Å². The van der Waals surface area contributed by atoms with Gasteiger partial charge in [-0.05, 0) is 47.8 Å². The van der Waals surface area contributed by atoms with Gasteiger partial charge in [0.1, 0.15) is 0 Å². The van der Waals surface area contributed by atoms with Crippen molar-refractivity contribution in [3.63, 3.8) is 0 Å². The molecule has 82 valence electrons. The fourth-order valence-electron chi connectivity index (χ4n) is 3.64. The van der Waals surface area contributed by atoms with Gasteiger partial charge in [-0.15, -0.1) is 0 Å². The van der Waals surface area contributed by atoms with Gasteiger partial charge in [-0.3, -0.25) is 0 Å². The highest BCUT2D eigenvalue weighted by atomic mass is 14.6. The van der Waals surface area contributed by atoms with Gasteiger partial charge in [0, 0.05) is 0 Å². The van der Waals surface area contributed by atoms with E-state index in [-0.39, 0.29) is 0 Å². The van der Waals surface area contributed by atoms with E-state index in [1.165, 1.54) is 19.3 Å². The van der Waals surface area contributed by atoms with Crippen LogP contribution in [0.15, 0.2) is 0 Å². The van der Waals surface area contributed by atoms with Gasteiger partial charge in [-0.2, -0.15) is 0 Å². The maximum Gasteiger partial charge on any atom is -0.0292 e. The van der Waals surface area contributed by atoms with Crippen molar-refractivity contribution >= 4 is 0 Å². The van der Waals surface area contributed by atoms with E-state index < -0.39 is 0 Å². The van der Waals surface area contributed by atoms with Crippen LogP contribution < -0.4 is 0 Å². The van der Waals surface area contributed by atoms with Gasteiger partial charge in [0.05, 0.1) is 0 Å². The summed E-state index contributed by atoms with van der Waals surface area (Å²) in [6, 6.07) is 0. The fraction of sp³-hybridized carbons (Fsp3) is 1.00. The molecule has 0 amide bonds. The summed E-state index contributed by atoms with van der Waals surface area (Å²) in [6.45, 7) is 12.2. The lowest BCUT2D eigenvalue weighted by atomic mass is 9.78. The van der Waals surface area contributed by atoms with Crippen LogP contribution in [-0.4, -0.2) is 0 Å². The van der Waals surface area contributed by atoms with E-state index >= 15 is 0 Å². The van der Waals surface area contributed by atoms with E-state index in [1.54, 1.807) is 0 Å². The largest absolute Gasteiger partial charge is 0.0651 e. The summed E-state index contributed by atoms with van der Waals surface area (Å²) in [4.78, 5) is 0. The Balaban J connectivity index is 1.91. The third kappa shape index (κ3) is 1.61. The molecule has 2 aliphatic rings. The van der Waals surface area contributed by atoms with Crippen molar-refractivity contribution in [2.75, 3.05) is 0 Å². The van der Waals surface area contributed by atoms with Gasteiger partial charge >= 0.3 is 0 Å². The lowest BCUT2D eigenvalue weighted by Gasteiger charge is -2.26. The lowest BCUT2D eigenvalue weighted by molar-refractivity contribution is 0.220.